The highest BCUT2D eigenvalue weighted by atomic mass is 35.5. The molecule has 0 saturated carbocycles. The molecule has 0 heterocycles. The molecule has 100 valence electrons. The summed E-state index contributed by atoms with van der Waals surface area (Å²) in [7, 11) is 1.09. The van der Waals surface area contributed by atoms with Crippen LogP contribution < -0.4 is 5.32 Å². The van der Waals surface area contributed by atoms with E-state index in [-0.39, 0.29) is 0 Å². The van der Waals surface area contributed by atoms with Crippen LogP contribution in [0.3, 0.4) is 0 Å². The molecule has 0 fully saturated rings. The predicted molar refractivity (Wildman–Crippen MR) is 50.5 cm³/mol. The summed E-state index contributed by atoms with van der Waals surface area (Å²) in [6, 6.07) is 0. The van der Waals surface area contributed by atoms with E-state index in [1.807, 2.05) is 0 Å². The molecule has 1 amide bonds. The van der Waals surface area contributed by atoms with E-state index >= 15 is 0 Å². The lowest BCUT2D eigenvalue weighted by Gasteiger charge is -2.17. The first-order valence-corrected chi connectivity index (χ1v) is 4.86. The third kappa shape index (κ3) is 4.47. The van der Waals surface area contributed by atoms with Gasteiger partial charge in [-0.3, -0.25) is 9.59 Å². The number of nitrogens with one attached hydrogen (secondary N) is 1. The van der Waals surface area contributed by atoms with E-state index in [1.54, 1.807) is 0 Å². The molecule has 0 aliphatic rings. The normalized spacial score (nSPS) is 13.6. The lowest BCUT2D eigenvalue weighted by atomic mass is 10.2. The number of hydrogen-bond acceptors (Lipinski definition) is 3. The lowest BCUT2D eigenvalue weighted by molar-refractivity contribution is -0.169. The molecule has 0 aromatic carbocycles. The Balaban J connectivity index is 4.37. The van der Waals surface area contributed by atoms with Crippen molar-refractivity contribution in [2.24, 2.45) is 0 Å². The maximum Gasteiger partial charge on any atom is 0.383 e. The average molecular weight is 280 g/mol. The summed E-state index contributed by atoms with van der Waals surface area (Å²) in [5, 5.41) is 1.50. The average Bonchev–Trinajstić information content (AvgIpc) is 2.28. The number of Topliss-reactive ketones (excluding diaryl/α,β-unsaturated/α-hetero) is 1. The zero-order valence-electron chi connectivity index (χ0n) is 8.68. The summed E-state index contributed by atoms with van der Waals surface area (Å²) in [6.45, 7) is -0.650. The predicted octanol–water partition coefficient (Wildman–Crippen LogP) is 0.826. The third-order valence-electron chi connectivity index (χ3n) is 1.80. The van der Waals surface area contributed by atoms with Crippen LogP contribution >= 0.6 is 11.6 Å². The smallest absolute Gasteiger partial charge is 0.372 e. The van der Waals surface area contributed by atoms with Crippen LogP contribution in [0.2, 0.25) is 0 Å². The van der Waals surface area contributed by atoms with Crippen LogP contribution in [0.1, 0.15) is 0 Å². The van der Waals surface area contributed by atoms with Crippen molar-refractivity contribution in [3.8, 4) is 0 Å². The molecular formula is C8H10ClF4NO3. The molecule has 0 spiro atoms. The molecule has 0 bridgehead atoms. The quantitative estimate of drug-likeness (QED) is 0.555. The van der Waals surface area contributed by atoms with Crippen LogP contribution in [-0.2, 0) is 14.3 Å². The molecule has 0 rings (SSSR count). The van der Waals surface area contributed by atoms with Crippen molar-refractivity contribution in [3.63, 3.8) is 0 Å². The van der Waals surface area contributed by atoms with Gasteiger partial charge in [0.2, 0.25) is 0 Å². The first-order chi connectivity index (χ1) is 7.77. The Bertz CT molecular complexity index is 288. The molecule has 0 aromatic heterocycles. The van der Waals surface area contributed by atoms with Gasteiger partial charge in [-0.05, 0) is 0 Å². The molecule has 1 unspecified atom stereocenters. The molecule has 0 aromatic rings. The third-order valence-corrected chi connectivity index (χ3v) is 2.06. The summed E-state index contributed by atoms with van der Waals surface area (Å²) in [6.07, 6.45) is -5.36. The number of methoxy groups -OCH3 is 1. The summed E-state index contributed by atoms with van der Waals surface area (Å²) in [5.41, 5.74) is 0. The highest BCUT2D eigenvalue weighted by Crippen LogP contribution is 2.22. The number of halogens is 5. The highest BCUT2D eigenvalue weighted by molar-refractivity contribution is 6.28. The van der Waals surface area contributed by atoms with Crippen LogP contribution in [0.5, 0.6) is 0 Å². The van der Waals surface area contributed by atoms with E-state index in [1.165, 1.54) is 5.32 Å². The number of ketones is 1. The summed E-state index contributed by atoms with van der Waals surface area (Å²) >= 11 is 5.17. The van der Waals surface area contributed by atoms with Gasteiger partial charge >= 0.3 is 12.3 Å². The fourth-order valence-corrected chi connectivity index (χ4v) is 0.989. The monoisotopic (exact) mass is 279 g/mol. The number of alkyl halides is 5. The van der Waals surface area contributed by atoms with Gasteiger partial charge in [0.1, 0.15) is 6.10 Å². The topological polar surface area (TPSA) is 55.4 Å². The van der Waals surface area contributed by atoms with E-state index in [0.717, 1.165) is 7.11 Å². The molecule has 17 heavy (non-hydrogen) atoms. The van der Waals surface area contributed by atoms with Gasteiger partial charge in [0.05, 0.1) is 12.4 Å². The van der Waals surface area contributed by atoms with Crippen molar-refractivity contribution in [1.29, 1.82) is 0 Å². The molecule has 0 aliphatic carbocycles. The van der Waals surface area contributed by atoms with Crippen LogP contribution in [-0.4, -0.2) is 49.7 Å². The van der Waals surface area contributed by atoms with Crippen LogP contribution in [0.25, 0.3) is 0 Å². The minimum Gasteiger partial charge on any atom is -0.372 e. The molecular weight excluding hydrogens is 270 g/mol. The Morgan fingerprint density at radius 3 is 2.29 bits per heavy atom. The van der Waals surface area contributed by atoms with Crippen molar-refractivity contribution in [2.75, 3.05) is 19.5 Å². The van der Waals surface area contributed by atoms with Crippen LogP contribution in [0, 0.1) is 0 Å². The van der Waals surface area contributed by atoms with Crippen LogP contribution in [0.15, 0.2) is 0 Å². The zero-order chi connectivity index (χ0) is 13.6. The Kier molecular flexibility index (Phi) is 6.40. The Morgan fingerprint density at radius 1 is 1.41 bits per heavy atom. The summed E-state index contributed by atoms with van der Waals surface area (Å²) in [4.78, 5) is 21.7. The maximum absolute atomic E-state index is 12.5. The Morgan fingerprint density at radius 2 is 1.94 bits per heavy atom. The van der Waals surface area contributed by atoms with Gasteiger partial charge in [-0.2, -0.15) is 8.78 Å². The second kappa shape index (κ2) is 6.75. The molecule has 9 heteroatoms. The SMILES string of the molecule is COC(CNC(=O)C(F)(F)C(F)F)C(=O)CCl. The van der Waals surface area contributed by atoms with Crippen LogP contribution in [0.4, 0.5) is 17.6 Å². The van der Waals surface area contributed by atoms with Gasteiger partial charge in [0.15, 0.2) is 5.78 Å². The molecule has 0 aliphatic heterocycles. The first kappa shape index (κ1) is 16.1. The fraction of sp³-hybridized carbons (Fsp3) is 0.750. The van der Waals surface area contributed by atoms with Crippen molar-refractivity contribution in [3.05, 3.63) is 0 Å². The zero-order valence-corrected chi connectivity index (χ0v) is 9.44. The Hall–Kier alpha value is -0.890. The van der Waals surface area contributed by atoms with Gasteiger partial charge in [0, 0.05) is 7.11 Å². The van der Waals surface area contributed by atoms with Crippen molar-refractivity contribution < 1.29 is 31.9 Å². The molecule has 1 N–H and O–H groups in total. The minimum absolute atomic E-state index is 0.445. The van der Waals surface area contributed by atoms with Crippen molar-refractivity contribution in [1.82, 2.24) is 5.32 Å². The lowest BCUT2D eigenvalue weighted by Crippen LogP contribution is -2.48. The fourth-order valence-electron chi connectivity index (χ4n) is 0.817. The van der Waals surface area contributed by atoms with Crippen molar-refractivity contribution in [2.45, 2.75) is 18.5 Å². The molecule has 4 nitrogen and oxygen atoms in total. The van der Waals surface area contributed by atoms with Gasteiger partial charge in [-0.15, -0.1) is 11.6 Å². The van der Waals surface area contributed by atoms with Gasteiger partial charge < -0.3 is 10.1 Å². The van der Waals surface area contributed by atoms with Gasteiger partial charge in [-0.25, -0.2) is 8.78 Å². The number of carbonyl (C=O) groups excluding carboxylic acids is 2. The van der Waals surface area contributed by atoms with E-state index in [4.69, 9.17) is 11.6 Å². The highest BCUT2D eigenvalue weighted by Gasteiger charge is 2.48. The summed E-state index contributed by atoms with van der Waals surface area (Å²) < 4.78 is 53.0. The van der Waals surface area contributed by atoms with Crippen molar-refractivity contribution >= 4 is 23.3 Å². The van der Waals surface area contributed by atoms with Gasteiger partial charge in [-0.1, -0.05) is 0 Å². The number of carbonyl (C=O) groups is 2. The number of rotatable bonds is 7. The molecule has 1 atom stereocenters. The van der Waals surface area contributed by atoms with Gasteiger partial charge in [0.25, 0.3) is 5.91 Å². The Labute approximate surface area is 99.2 Å². The largest absolute Gasteiger partial charge is 0.383 e. The number of hydrogen-bond donors (Lipinski definition) is 1. The summed E-state index contributed by atoms with van der Waals surface area (Å²) in [5.74, 6) is -8.08. The van der Waals surface area contributed by atoms with E-state index in [0.29, 0.717) is 0 Å². The van der Waals surface area contributed by atoms with E-state index in [2.05, 4.69) is 4.74 Å². The standard InChI is InChI=1S/C8H10ClF4NO3/c1-17-5(4(15)2-9)3-14-7(16)8(12,13)6(10)11/h5-6H,2-3H2,1H3,(H,14,16). The maximum atomic E-state index is 12.5. The number of ether oxygens (including phenoxy) is 1. The van der Waals surface area contributed by atoms with E-state index < -0.39 is 42.6 Å². The molecule has 0 saturated heterocycles. The molecule has 0 radical (unpaired) electrons. The second-order valence-electron chi connectivity index (χ2n) is 2.96. The van der Waals surface area contributed by atoms with E-state index in [9.17, 15) is 27.2 Å². The minimum atomic E-state index is -4.80. The first-order valence-electron chi connectivity index (χ1n) is 4.33. The second-order valence-corrected chi connectivity index (χ2v) is 3.23. The number of amides is 1.